The lowest BCUT2D eigenvalue weighted by atomic mass is 9.51. The number of nitrogens with one attached hydrogen (secondary N) is 1. The van der Waals surface area contributed by atoms with Crippen molar-refractivity contribution >= 4 is 11.6 Å². The van der Waals surface area contributed by atoms with Crippen LogP contribution in [-0.4, -0.2) is 16.2 Å². The molecular formula is C21H24ClNO2. The molecule has 2 unspecified atom stereocenters. The molecule has 0 radical (unpaired) electrons. The highest BCUT2D eigenvalue weighted by atomic mass is 35.5. The molecule has 25 heavy (non-hydrogen) atoms. The number of rotatable bonds is 4. The van der Waals surface area contributed by atoms with Crippen molar-refractivity contribution in [2.24, 2.45) is 11.8 Å². The first-order valence-electron chi connectivity index (χ1n) is 9.33. The molecule has 4 aliphatic carbocycles. The van der Waals surface area contributed by atoms with Crippen molar-refractivity contribution in [3.8, 4) is 11.3 Å². The number of hydrogen-bond donors (Lipinski definition) is 2. The first kappa shape index (κ1) is 15.9. The SMILES string of the molecule is OC12CC3CC(C1)CC(NCc1ccc(-c4cccc(Cl)c4)o1)(C3)C2. The molecular weight excluding hydrogens is 334 g/mol. The van der Waals surface area contributed by atoms with Crippen LogP contribution in [0.25, 0.3) is 11.3 Å². The smallest absolute Gasteiger partial charge is 0.134 e. The Balaban J connectivity index is 1.31. The summed E-state index contributed by atoms with van der Waals surface area (Å²) in [5.74, 6) is 3.18. The van der Waals surface area contributed by atoms with Crippen molar-refractivity contribution in [2.75, 3.05) is 0 Å². The summed E-state index contributed by atoms with van der Waals surface area (Å²) in [5, 5.41) is 15.4. The lowest BCUT2D eigenvalue weighted by molar-refractivity contribution is -0.143. The standard InChI is InChI=1S/C21H24ClNO2/c22-17-3-1-2-16(7-17)19-5-4-18(25-19)12-23-20-8-14-6-15(9-20)11-21(24,10-14)13-20/h1-5,7,14-15,23-24H,6,8-13H2. The monoisotopic (exact) mass is 357 g/mol. The van der Waals surface area contributed by atoms with E-state index >= 15 is 0 Å². The van der Waals surface area contributed by atoms with Crippen LogP contribution >= 0.6 is 11.6 Å². The summed E-state index contributed by atoms with van der Waals surface area (Å²) in [5.41, 5.74) is 0.677. The number of hydrogen-bond acceptors (Lipinski definition) is 3. The molecule has 4 saturated carbocycles. The topological polar surface area (TPSA) is 45.4 Å². The number of benzene rings is 1. The minimum Gasteiger partial charge on any atom is -0.460 e. The molecule has 2 atom stereocenters. The van der Waals surface area contributed by atoms with Gasteiger partial charge in [0.2, 0.25) is 0 Å². The van der Waals surface area contributed by atoms with Crippen molar-refractivity contribution < 1.29 is 9.52 Å². The Kier molecular flexibility index (Phi) is 3.57. The summed E-state index contributed by atoms with van der Waals surface area (Å²) >= 11 is 6.07. The number of furan rings is 1. The van der Waals surface area contributed by atoms with Gasteiger partial charge in [-0.1, -0.05) is 23.7 Å². The minimum absolute atomic E-state index is 0.0990. The molecule has 4 bridgehead atoms. The molecule has 4 fully saturated rings. The zero-order valence-corrected chi connectivity index (χ0v) is 15.1. The van der Waals surface area contributed by atoms with Gasteiger partial charge in [0.05, 0.1) is 12.1 Å². The first-order chi connectivity index (χ1) is 12.0. The summed E-state index contributed by atoms with van der Waals surface area (Å²) in [7, 11) is 0. The van der Waals surface area contributed by atoms with Gasteiger partial charge in [0, 0.05) is 16.1 Å². The van der Waals surface area contributed by atoms with Gasteiger partial charge < -0.3 is 14.8 Å². The van der Waals surface area contributed by atoms with Gasteiger partial charge in [0.25, 0.3) is 0 Å². The highest BCUT2D eigenvalue weighted by molar-refractivity contribution is 6.30. The molecule has 4 heteroatoms. The fraction of sp³-hybridized carbons (Fsp3) is 0.524. The third-order valence-electron chi connectivity index (χ3n) is 6.44. The van der Waals surface area contributed by atoms with E-state index in [1.54, 1.807) is 0 Å². The molecule has 1 aromatic carbocycles. The molecule has 4 aliphatic rings. The Labute approximate surface area is 153 Å². The van der Waals surface area contributed by atoms with E-state index in [2.05, 4.69) is 5.32 Å². The molecule has 0 amide bonds. The maximum absolute atomic E-state index is 10.9. The Bertz CT molecular complexity index is 785. The highest BCUT2D eigenvalue weighted by Crippen LogP contribution is 2.57. The van der Waals surface area contributed by atoms with Crippen LogP contribution in [0.4, 0.5) is 0 Å². The van der Waals surface area contributed by atoms with Crippen LogP contribution in [0.5, 0.6) is 0 Å². The van der Waals surface area contributed by atoms with Gasteiger partial charge in [-0.15, -0.1) is 0 Å². The summed E-state index contributed by atoms with van der Waals surface area (Å²) in [4.78, 5) is 0. The Morgan fingerprint density at radius 2 is 1.92 bits per heavy atom. The van der Waals surface area contributed by atoms with E-state index in [0.29, 0.717) is 11.8 Å². The van der Waals surface area contributed by atoms with Gasteiger partial charge in [-0.3, -0.25) is 0 Å². The van der Waals surface area contributed by atoms with Crippen molar-refractivity contribution in [2.45, 2.75) is 56.2 Å². The van der Waals surface area contributed by atoms with Crippen LogP contribution in [0.3, 0.4) is 0 Å². The average Bonchev–Trinajstić information content (AvgIpc) is 3.00. The molecule has 6 rings (SSSR count). The molecule has 3 nitrogen and oxygen atoms in total. The van der Waals surface area contributed by atoms with Crippen LogP contribution in [0.1, 0.15) is 44.3 Å². The lowest BCUT2D eigenvalue weighted by Crippen LogP contribution is -2.64. The average molecular weight is 358 g/mol. The lowest BCUT2D eigenvalue weighted by Gasteiger charge is -2.60. The van der Waals surface area contributed by atoms with Crippen LogP contribution < -0.4 is 5.32 Å². The van der Waals surface area contributed by atoms with Crippen molar-refractivity contribution in [1.29, 1.82) is 0 Å². The first-order valence-corrected chi connectivity index (χ1v) is 9.71. The van der Waals surface area contributed by atoms with Crippen LogP contribution in [0.15, 0.2) is 40.8 Å². The highest BCUT2D eigenvalue weighted by Gasteiger charge is 2.56. The number of halogens is 1. The van der Waals surface area contributed by atoms with E-state index in [1.807, 2.05) is 36.4 Å². The fourth-order valence-corrected chi connectivity index (χ4v) is 6.16. The third kappa shape index (κ3) is 2.92. The van der Waals surface area contributed by atoms with E-state index in [9.17, 15) is 5.11 Å². The Hall–Kier alpha value is -1.29. The van der Waals surface area contributed by atoms with Gasteiger partial charge in [0.1, 0.15) is 11.5 Å². The normalized spacial score (nSPS) is 36.1. The molecule has 1 heterocycles. The minimum atomic E-state index is -0.424. The van der Waals surface area contributed by atoms with Crippen LogP contribution in [0.2, 0.25) is 5.02 Å². The predicted octanol–water partition coefficient (Wildman–Crippen LogP) is 4.77. The Morgan fingerprint density at radius 1 is 1.12 bits per heavy atom. The fourth-order valence-electron chi connectivity index (χ4n) is 5.97. The van der Waals surface area contributed by atoms with Crippen molar-refractivity contribution in [1.82, 2.24) is 5.32 Å². The van der Waals surface area contributed by atoms with Crippen molar-refractivity contribution in [3.63, 3.8) is 0 Å². The van der Waals surface area contributed by atoms with Gasteiger partial charge in [0.15, 0.2) is 0 Å². The van der Waals surface area contributed by atoms with Gasteiger partial charge in [-0.05, 0) is 74.6 Å². The quantitative estimate of drug-likeness (QED) is 0.828. The second kappa shape index (κ2) is 5.60. The summed E-state index contributed by atoms with van der Waals surface area (Å²) in [6, 6.07) is 11.8. The molecule has 1 aromatic heterocycles. The molecule has 2 aromatic rings. The van der Waals surface area contributed by atoms with Gasteiger partial charge in [-0.2, -0.15) is 0 Å². The van der Waals surface area contributed by atoms with Gasteiger partial charge in [-0.25, -0.2) is 0 Å². The van der Waals surface area contributed by atoms with Crippen LogP contribution in [0, 0.1) is 11.8 Å². The largest absolute Gasteiger partial charge is 0.460 e. The van der Waals surface area contributed by atoms with E-state index in [-0.39, 0.29) is 5.54 Å². The summed E-state index contributed by atoms with van der Waals surface area (Å²) in [6.07, 6.45) is 6.63. The van der Waals surface area contributed by atoms with E-state index in [4.69, 9.17) is 16.0 Å². The second-order valence-corrected chi connectivity index (χ2v) is 9.03. The predicted molar refractivity (Wildman–Crippen MR) is 98.4 cm³/mol. The van der Waals surface area contributed by atoms with E-state index in [0.717, 1.165) is 47.9 Å². The van der Waals surface area contributed by atoms with Crippen molar-refractivity contribution in [3.05, 3.63) is 47.2 Å². The van der Waals surface area contributed by atoms with E-state index < -0.39 is 5.60 Å². The zero-order valence-electron chi connectivity index (χ0n) is 14.3. The molecule has 0 aliphatic heterocycles. The molecule has 0 saturated heterocycles. The van der Waals surface area contributed by atoms with Crippen LogP contribution in [-0.2, 0) is 6.54 Å². The maximum atomic E-state index is 10.9. The molecule has 132 valence electrons. The van der Waals surface area contributed by atoms with Gasteiger partial charge >= 0.3 is 0 Å². The summed E-state index contributed by atoms with van der Waals surface area (Å²) < 4.78 is 6.03. The van der Waals surface area contributed by atoms with E-state index in [1.165, 1.54) is 19.3 Å². The summed E-state index contributed by atoms with van der Waals surface area (Å²) in [6.45, 7) is 0.718. The third-order valence-corrected chi connectivity index (χ3v) is 6.67. The Morgan fingerprint density at radius 3 is 2.64 bits per heavy atom. The second-order valence-electron chi connectivity index (χ2n) is 8.60. The number of aliphatic hydroxyl groups is 1. The maximum Gasteiger partial charge on any atom is 0.134 e. The zero-order chi connectivity index (χ0) is 17.1. The molecule has 2 N–H and O–H groups in total. The molecule has 0 spiro atoms.